The number of fused-ring (bicyclic) bond motifs is 1. The average molecular weight is 388 g/mol. The molecule has 1 spiro atoms. The van der Waals surface area contributed by atoms with Gasteiger partial charge in [0.25, 0.3) is 5.91 Å². The van der Waals surface area contributed by atoms with E-state index < -0.39 is 11.6 Å². The molecule has 6 nitrogen and oxygen atoms in total. The number of amides is 4. The SMILES string of the molecule is C[C@@H]1CCN(C(=O)CN2C(=O)NC3(CCCCC3)C2=O)c2ccccc2S1. The zero-order chi connectivity index (χ0) is 19.0. The van der Waals surface area contributed by atoms with Crippen LogP contribution >= 0.6 is 11.8 Å². The zero-order valence-corrected chi connectivity index (χ0v) is 16.4. The fraction of sp³-hybridized carbons (Fsp3) is 0.550. The molecule has 0 bridgehead atoms. The van der Waals surface area contributed by atoms with Crippen LogP contribution in [0.5, 0.6) is 0 Å². The predicted octanol–water partition coefficient (Wildman–Crippen LogP) is 3.16. The highest BCUT2D eigenvalue weighted by Crippen LogP contribution is 2.38. The summed E-state index contributed by atoms with van der Waals surface area (Å²) in [6.07, 6.45) is 5.16. The first-order chi connectivity index (χ1) is 13.0. The van der Waals surface area contributed by atoms with E-state index in [0.717, 1.165) is 41.2 Å². The summed E-state index contributed by atoms with van der Waals surface area (Å²) in [4.78, 5) is 42.4. The van der Waals surface area contributed by atoms with E-state index in [9.17, 15) is 14.4 Å². The third-order valence-electron chi connectivity index (χ3n) is 5.79. The van der Waals surface area contributed by atoms with Gasteiger partial charge >= 0.3 is 6.03 Å². The molecule has 4 amide bonds. The van der Waals surface area contributed by atoms with Gasteiger partial charge in [-0.15, -0.1) is 11.8 Å². The number of carbonyl (C=O) groups excluding carboxylic acids is 3. The number of hydrogen-bond donors (Lipinski definition) is 1. The first-order valence-electron chi connectivity index (χ1n) is 9.70. The number of imide groups is 1. The van der Waals surface area contributed by atoms with Crippen molar-refractivity contribution < 1.29 is 14.4 Å². The summed E-state index contributed by atoms with van der Waals surface area (Å²) < 4.78 is 0. The van der Waals surface area contributed by atoms with E-state index in [-0.39, 0.29) is 18.4 Å². The highest BCUT2D eigenvalue weighted by molar-refractivity contribution is 8.00. The summed E-state index contributed by atoms with van der Waals surface area (Å²) in [7, 11) is 0. The lowest BCUT2D eigenvalue weighted by atomic mass is 9.82. The number of nitrogens with zero attached hydrogens (tertiary/aromatic N) is 2. The third-order valence-corrected chi connectivity index (χ3v) is 7.03. The van der Waals surface area contributed by atoms with Gasteiger partial charge in [0, 0.05) is 16.7 Å². The molecule has 0 aromatic heterocycles. The topological polar surface area (TPSA) is 69.7 Å². The van der Waals surface area contributed by atoms with Gasteiger partial charge in [-0.2, -0.15) is 0 Å². The van der Waals surface area contributed by atoms with Crippen molar-refractivity contribution in [2.24, 2.45) is 0 Å². The predicted molar refractivity (Wildman–Crippen MR) is 105 cm³/mol. The lowest BCUT2D eigenvalue weighted by Gasteiger charge is -2.30. The lowest BCUT2D eigenvalue weighted by molar-refractivity contribution is -0.135. The van der Waals surface area contributed by atoms with Crippen molar-refractivity contribution in [2.75, 3.05) is 18.0 Å². The summed E-state index contributed by atoms with van der Waals surface area (Å²) in [6.45, 7) is 2.55. The molecule has 7 heteroatoms. The van der Waals surface area contributed by atoms with E-state index in [1.807, 2.05) is 24.3 Å². The summed E-state index contributed by atoms with van der Waals surface area (Å²) >= 11 is 1.76. The van der Waals surface area contributed by atoms with E-state index in [0.29, 0.717) is 24.6 Å². The van der Waals surface area contributed by atoms with Crippen LogP contribution in [0.25, 0.3) is 0 Å². The number of nitrogens with one attached hydrogen (secondary N) is 1. The Morgan fingerprint density at radius 1 is 1.22 bits per heavy atom. The largest absolute Gasteiger partial charge is 0.325 e. The molecule has 27 heavy (non-hydrogen) atoms. The van der Waals surface area contributed by atoms with Crippen LogP contribution < -0.4 is 10.2 Å². The van der Waals surface area contributed by atoms with Crippen molar-refractivity contribution in [1.82, 2.24) is 10.2 Å². The highest BCUT2D eigenvalue weighted by atomic mass is 32.2. The Bertz CT molecular complexity index is 775. The van der Waals surface area contributed by atoms with Gasteiger partial charge in [0.15, 0.2) is 0 Å². The second-order valence-corrected chi connectivity index (χ2v) is 9.17. The Morgan fingerprint density at radius 2 is 1.96 bits per heavy atom. The Labute approximate surface area is 163 Å². The van der Waals surface area contributed by atoms with Crippen LogP contribution in [0.3, 0.4) is 0 Å². The fourth-order valence-electron chi connectivity index (χ4n) is 4.28. The molecule has 3 aliphatic rings. The van der Waals surface area contributed by atoms with Gasteiger partial charge in [0.1, 0.15) is 12.1 Å². The maximum Gasteiger partial charge on any atom is 0.325 e. The van der Waals surface area contributed by atoms with Crippen LogP contribution in [0.1, 0.15) is 45.4 Å². The number of rotatable bonds is 2. The van der Waals surface area contributed by atoms with Gasteiger partial charge in [-0.25, -0.2) is 4.79 Å². The van der Waals surface area contributed by atoms with Gasteiger partial charge in [-0.3, -0.25) is 14.5 Å². The van der Waals surface area contributed by atoms with Crippen molar-refractivity contribution in [2.45, 2.75) is 61.1 Å². The van der Waals surface area contributed by atoms with E-state index in [1.165, 1.54) is 0 Å². The number of carbonyl (C=O) groups is 3. The minimum Gasteiger partial charge on any atom is -0.323 e. The van der Waals surface area contributed by atoms with E-state index >= 15 is 0 Å². The second-order valence-electron chi connectivity index (χ2n) is 7.69. The maximum absolute atomic E-state index is 13.1. The minimum absolute atomic E-state index is 0.195. The molecule has 0 unspecified atom stereocenters. The third kappa shape index (κ3) is 3.33. The molecule has 1 aromatic rings. The van der Waals surface area contributed by atoms with Crippen molar-refractivity contribution in [1.29, 1.82) is 0 Å². The number of anilines is 1. The summed E-state index contributed by atoms with van der Waals surface area (Å²) in [6, 6.07) is 7.41. The zero-order valence-electron chi connectivity index (χ0n) is 15.6. The fourth-order valence-corrected chi connectivity index (χ4v) is 5.39. The molecular weight excluding hydrogens is 362 g/mol. The summed E-state index contributed by atoms with van der Waals surface area (Å²) in [5.74, 6) is -0.431. The van der Waals surface area contributed by atoms with Crippen molar-refractivity contribution in [3.8, 4) is 0 Å². The number of hydrogen-bond acceptors (Lipinski definition) is 4. The average Bonchev–Trinajstić information content (AvgIpc) is 2.80. The number of benzene rings is 1. The molecule has 0 radical (unpaired) electrons. The first kappa shape index (κ1) is 18.3. The van der Waals surface area contributed by atoms with Crippen molar-refractivity contribution in [3.63, 3.8) is 0 Å². The Balaban J connectivity index is 1.54. The minimum atomic E-state index is -0.781. The molecule has 144 valence electrons. The maximum atomic E-state index is 13.1. The summed E-state index contributed by atoms with van der Waals surface area (Å²) in [5, 5.41) is 3.29. The number of urea groups is 1. The number of thioether (sulfide) groups is 1. The van der Waals surface area contributed by atoms with E-state index in [2.05, 4.69) is 12.2 Å². The van der Waals surface area contributed by atoms with Gasteiger partial charge in [0.2, 0.25) is 5.91 Å². The van der Waals surface area contributed by atoms with Gasteiger partial charge in [0.05, 0.1) is 5.69 Å². The quantitative estimate of drug-likeness (QED) is 0.792. The molecule has 1 aliphatic carbocycles. The van der Waals surface area contributed by atoms with E-state index in [1.54, 1.807) is 16.7 Å². The number of para-hydroxylation sites is 1. The Morgan fingerprint density at radius 3 is 2.74 bits per heavy atom. The van der Waals surface area contributed by atoms with Gasteiger partial charge < -0.3 is 10.2 Å². The van der Waals surface area contributed by atoms with Crippen LogP contribution in [0.2, 0.25) is 0 Å². The molecule has 2 aliphatic heterocycles. The monoisotopic (exact) mass is 387 g/mol. The molecule has 1 saturated carbocycles. The lowest BCUT2D eigenvalue weighted by Crippen LogP contribution is -2.49. The molecule has 2 fully saturated rings. The first-order valence-corrected chi connectivity index (χ1v) is 10.6. The van der Waals surface area contributed by atoms with Gasteiger partial charge in [-0.1, -0.05) is 38.3 Å². The molecule has 1 atom stereocenters. The highest BCUT2D eigenvalue weighted by Gasteiger charge is 2.51. The molecule has 1 N–H and O–H groups in total. The van der Waals surface area contributed by atoms with Crippen LogP contribution in [0.4, 0.5) is 10.5 Å². The standard InChI is InChI=1S/C20H25N3O3S/c1-14-9-12-22(15-7-3-4-8-16(15)27-14)17(24)13-23-18(25)20(21-19(23)26)10-5-2-6-11-20/h3-4,7-8,14H,2,5-6,9-13H2,1H3,(H,21,26)/t14-/m1/s1. The van der Waals surface area contributed by atoms with Crippen LogP contribution in [-0.4, -0.2) is 46.6 Å². The van der Waals surface area contributed by atoms with Crippen LogP contribution in [0.15, 0.2) is 29.2 Å². The normalized spacial score (nSPS) is 24.6. The van der Waals surface area contributed by atoms with Gasteiger partial charge in [-0.05, 0) is 31.4 Å². The van der Waals surface area contributed by atoms with Crippen molar-refractivity contribution >= 4 is 35.3 Å². The molecule has 1 aromatic carbocycles. The Hall–Kier alpha value is -2.02. The van der Waals surface area contributed by atoms with Crippen molar-refractivity contribution in [3.05, 3.63) is 24.3 Å². The molecule has 2 heterocycles. The molecule has 4 rings (SSSR count). The smallest absolute Gasteiger partial charge is 0.323 e. The Kier molecular flexibility index (Phi) is 4.88. The van der Waals surface area contributed by atoms with E-state index in [4.69, 9.17) is 0 Å². The second kappa shape index (κ2) is 7.19. The molecule has 1 saturated heterocycles. The summed E-state index contributed by atoms with van der Waals surface area (Å²) in [5.41, 5.74) is 0.0905. The van der Waals surface area contributed by atoms with Crippen LogP contribution in [0, 0.1) is 0 Å². The van der Waals surface area contributed by atoms with Crippen LogP contribution in [-0.2, 0) is 9.59 Å². The molecular formula is C20H25N3O3S.